The second kappa shape index (κ2) is 9.78. The SMILES string of the molecule is COCCOCCNc1ccc2c(c1O)C(O)=C1C(=O)[C@]3(O)C(O)=C(C(N)=O)C(=O)C[C@@H]3[C@@H](O)[C@@H]1[C@H]2C. The average molecular weight is 519 g/mol. The van der Waals surface area contributed by atoms with Crippen molar-refractivity contribution >= 4 is 28.9 Å². The second-order valence-corrected chi connectivity index (χ2v) is 9.44. The Morgan fingerprint density at radius 1 is 1.19 bits per heavy atom. The van der Waals surface area contributed by atoms with Gasteiger partial charge in [0.05, 0.1) is 37.2 Å². The molecule has 1 amide bonds. The minimum Gasteiger partial charge on any atom is -0.508 e. The molecule has 5 atom stereocenters. The van der Waals surface area contributed by atoms with Crippen molar-refractivity contribution in [1.82, 2.24) is 0 Å². The molecular weight excluding hydrogens is 488 g/mol. The number of phenolic OH excluding ortho intramolecular Hbond substituents is 1. The lowest BCUT2D eigenvalue weighted by molar-refractivity contribution is -0.160. The highest BCUT2D eigenvalue weighted by Gasteiger charge is 2.64. The number of aromatic hydroxyl groups is 1. The zero-order valence-corrected chi connectivity index (χ0v) is 20.4. The Balaban J connectivity index is 1.77. The van der Waals surface area contributed by atoms with E-state index in [9.17, 15) is 39.9 Å². The van der Waals surface area contributed by atoms with E-state index in [2.05, 4.69) is 5.32 Å². The summed E-state index contributed by atoms with van der Waals surface area (Å²) in [4.78, 5) is 37.9. The molecule has 0 heterocycles. The van der Waals surface area contributed by atoms with Crippen molar-refractivity contribution in [3.63, 3.8) is 0 Å². The Hall–Kier alpha value is -3.45. The van der Waals surface area contributed by atoms with Crippen LogP contribution in [-0.2, 0) is 23.9 Å². The van der Waals surface area contributed by atoms with Gasteiger partial charge in [-0.15, -0.1) is 0 Å². The van der Waals surface area contributed by atoms with Crippen molar-refractivity contribution in [2.45, 2.75) is 31.0 Å². The number of anilines is 1. The summed E-state index contributed by atoms with van der Waals surface area (Å²) in [6, 6.07) is 3.22. The van der Waals surface area contributed by atoms with Gasteiger partial charge in [-0.1, -0.05) is 13.0 Å². The molecule has 200 valence electrons. The molecule has 0 unspecified atom stereocenters. The van der Waals surface area contributed by atoms with Crippen molar-refractivity contribution in [2.75, 3.05) is 38.8 Å². The molecule has 8 N–H and O–H groups in total. The zero-order valence-electron chi connectivity index (χ0n) is 20.4. The number of nitrogens with two attached hydrogens (primary N) is 1. The van der Waals surface area contributed by atoms with Gasteiger partial charge in [-0.2, -0.15) is 0 Å². The summed E-state index contributed by atoms with van der Waals surface area (Å²) in [5.41, 5.74) is 1.58. The summed E-state index contributed by atoms with van der Waals surface area (Å²) >= 11 is 0. The smallest absolute Gasteiger partial charge is 0.255 e. The highest BCUT2D eigenvalue weighted by molar-refractivity contribution is 6.23. The van der Waals surface area contributed by atoms with Crippen molar-refractivity contribution in [3.05, 3.63) is 40.2 Å². The fourth-order valence-corrected chi connectivity index (χ4v) is 5.64. The minimum atomic E-state index is -2.86. The lowest BCUT2D eigenvalue weighted by Gasteiger charge is -2.50. The first kappa shape index (κ1) is 26.6. The van der Waals surface area contributed by atoms with Gasteiger partial charge >= 0.3 is 0 Å². The maximum Gasteiger partial charge on any atom is 0.255 e. The quantitative estimate of drug-likeness (QED) is 0.139. The maximum atomic E-state index is 13.6. The molecule has 37 heavy (non-hydrogen) atoms. The van der Waals surface area contributed by atoms with E-state index in [1.807, 2.05) is 0 Å². The summed E-state index contributed by atoms with van der Waals surface area (Å²) in [5.74, 6) is -8.91. The Morgan fingerprint density at radius 3 is 2.54 bits per heavy atom. The number of phenols is 1. The number of fused-ring (bicyclic) bond motifs is 3. The van der Waals surface area contributed by atoms with E-state index >= 15 is 0 Å². The second-order valence-electron chi connectivity index (χ2n) is 9.44. The van der Waals surface area contributed by atoms with E-state index in [0.29, 0.717) is 31.9 Å². The van der Waals surface area contributed by atoms with E-state index < -0.39 is 76.0 Å². The molecule has 1 aromatic carbocycles. The number of benzene rings is 1. The van der Waals surface area contributed by atoms with Crippen molar-refractivity contribution < 1.29 is 49.4 Å². The Bertz CT molecular complexity index is 1220. The van der Waals surface area contributed by atoms with Gasteiger partial charge in [-0.25, -0.2) is 0 Å². The molecule has 1 saturated carbocycles. The molecule has 12 nitrogen and oxygen atoms in total. The van der Waals surface area contributed by atoms with Crippen LogP contribution in [0.15, 0.2) is 29.0 Å². The monoisotopic (exact) mass is 518 g/mol. The molecule has 3 aliphatic carbocycles. The molecule has 0 aromatic heterocycles. The number of hydrogen-bond donors (Lipinski definition) is 7. The summed E-state index contributed by atoms with van der Waals surface area (Å²) < 4.78 is 10.3. The van der Waals surface area contributed by atoms with Crippen molar-refractivity contribution in [2.24, 2.45) is 17.6 Å². The van der Waals surface area contributed by atoms with Crippen LogP contribution in [0.1, 0.15) is 30.4 Å². The molecular formula is C25H30N2O10. The number of primary amides is 1. The number of carbonyl (C=O) groups is 3. The van der Waals surface area contributed by atoms with Crippen LogP contribution in [-0.4, -0.2) is 88.2 Å². The normalized spacial score (nSPS) is 29.1. The van der Waals surface area contributed by atoms with E-state index in [4.69, 9.17) is 15.2 Å². The number of hydrogen-bond acceptors (Lipinski definition) is 11. The van der Waals surface area contributed by atoms with Crippen LogP contribution >= 0.6 is 0 Å². The van der Waals surface area contributed by atoms with Crippen molar-refractivity contribution in [3.8, 4) is 5.75 Å². The number of aliphatic hydroxyl groups excluding tert-OH is 3. The summed E-state index contributed by atoms with van der Waals surface area (Å²) in [6.45, 7) is 3.10. The Morgan fingerprint density at radius 2 is 1.89 bits per heavy atom. The number of rotatable bonds is 8. The number of ketones is 2. The molecule has 12 heteroatoms. The first-order chi connectivity index (χ1) is 17.5. The topological polar surface area (TPSA) is 209 Å². The molecule has 0 saturated heterocycles. The molecule has 0 bridgehead atoms. The number of aliphatic hydroxyl groups is 4. The van der Waals surface area contributed by atoms with Crippen LogP contribution in [0.2, 0.25) is 0 Å². The number of carbonyl (C=O) groups excluding carboxylic acids is 3. The highest BCUT2D eigenvalue weighted by atomic mass is 16.5. The van der Waals surface area contributed by atoms with Crippen LogP contribution < -0.4 is 11.1 Å². The first-order valence-corrected chi connectivity index (χ1v) is 11.8. The number of methoxy groups -OCH3 is 1. The standard InChI is InChI=1S/C25H30N2O10/c1-10-11-3-4-13(27-5-6-37-8-7-36-2)20(30)16(11)21(31)18-15(10)19(29)12-9-14(28)17(24(26)34)22(32)25(12,35)23(18)33/h3-4,10,12,15,19,27,29-32,35H,5-9H2,1-2H3,(H2,26,34)/t10-,12+,15+,19+,25+/m0/s1. The van der Waals surface area contributed by atoms with Crippen LogP contribution in [0.5, 0.6) is 5.75 Å². The summed E-state index contributed by atoms with van der Waals surface area (Å²) in [6.07, 6.45) is -2.18. The van der Waals surface area contributed by atoms with Gasteiger partial charge in [-0.3, -0.25) is 14.4 Å². The molecule has 3 aliphatic rings. The molecule has 1 fully saturated rings. The third kappa shape index (κ3) is 3.96. The van der Waals surface area contributed by atoms with Crippen molar-refractivity contribution in [1.29, 1.82) is 0 Å². The molecule has 0 radical (unpaired) electrons. The van der Waals surface area contributed by atoms with E-state index in [1.165, 1.54) is 0 Å². The average Bonchev–Trinajstić information content (AvgIpc) is 2.84. The number of amides is 1. The Kier molecular flexibility index (Phi) is 7.04. The summed E-state index contributed by atoms with van der Waals surface area (Å²) in [5, 5.41) is 58.4. The van der Waals surface area contributed by atoms with Gasteiger partial charge in [0.2, 0.25) is 5.78 Å². The van der Waals surface area contributed by atoms with Crippen LogP contribution in [0.25, 0.3) is 5.76 Å². The molecule has 1 aromatic rings. The number of ether oxygens (including phenoxy) is 2. The third-order valence-electron chi connectivity index (χ3n) is 7.49. The van der Waals surface area contributed by atoms with Crippen LogP contribution in [0.3, 0.4) is 0 Å². The number of Topliss-reactive ketones (excluding diaryl/α,β-unsaturated/α-hetero) is 2. The van der Waals surface area contributed by atoms with Gasteiger partial charge in [0.1, 0.15) is 22.8 Å². The molecule has 0 aliphatic heterocycles. The Labute approximate surface area is 212 Å². The van der Waals surface area contributed by atoms with Gasteiger partial charge in [0, 0.05) is 37.5 Å². The van der Waals surface area contributed by atoms with E-state index in [0.717, 1.165) is 0 Å². The summed E-state index contributed by atoms with van der Waals surface area (Å²) in [7, 11) is 1.55. The van der Waals surface area contributed by atoms with Gasteiger partial charge in [-0.05, 0) is 17.5 Å². The van der Waals surface area contributed by atoms with Crippen LogP contribution in [0, 0.1) is 11.8 Å². The van der Waals surface area contributed by atoms with Gasteiger partial charge < -0.3 is 46.1 Å². The molecule has 4 rings (SSSR count). The lowest BCUT2D eigenvalue weighted by Crippen LogP contribution is -2.63. The van der Waals surface area contributed by atoms with Crippen LogP contribution in [0.4, 0.5) is 5.69 Å². The fraction of sp³-hybridized carbons (Fsp3) is 0.480. The lowest BCUT2D eigenvalue weighted by atomic mass is 9.55. The van der Waals surface area contributed by atoms with Gasteiger partial charge in [0.25, 0.3) is 5.91 Å². The third-order valence-corrected chi connectivity index (χ3v) is 7.49. The fourth-order valence-electron chi connectivity index (χ4n) is 5.64. The largest absolute Gasteiger partial charge is 0.508 e. The number of nitrogens with one attached hydrogen (secondary N) is 1. The molecule has 0 spiro atoms. The predicted molar refractivity (Wildman–Crippen MR) is 129 cm³/mol. The minimum absolute atomic E-state index is 0.0721. The zero-order chi connectivity index (χ0) is 27.2. The predicted octanol–water partition coefficient (Wildman–Crippen LogP) is 0.0306. The maximum absolute atomic E-state index is 13.6. The van der Waals surface area contributed by atoms with E-state index in [1.54, 1.807) is 26.2 Å². The highest BCUT2D eigenvalue weighted by Crippen LogP contribution is 2.56. The first-order valence-electron chi connectivity index (χ1n) is 11.8. The van der Waals surface area contributed by atoms with E-state index in [-0.39, 0.29) is 17.0 Å². The van der Waals surface area contributed by atoms with Gasteiger partial charge in [0.15, 0.2) is 11.4 Å².